The van der Waals surface area contributed by atoms with Gasteiger partial charge in [-0.05, 0) is 18.4 Å². The summed E-state index contributed by atoms with van der Waals surface area (Å²) in [6.07, 6.45) is -3.53. The van der Waals surface area contributed by atoms with Crippen LogP contribution in [-0.2, 0) is 6.42 Å². The molecule has 72 valence electrons. The third-order valence-electron chi connectivity index (χ3n) is 1.86. The molecule has 0 aliphatic rings. The van der Waals surface area contributed by atoms with Crippen molar-refractivity contribution in [3.8, 4) is 0 Å². The lowest BCUT2D eigenvalue weighted by Gasteiger charge is -2.08. The van der Waals surface area contributed by atoms with Crippen LogP contribution in [0.3, 0.4) is 0 Å². The Labute approximate surface area is 76.0 Å². The quantitative estimate of drug-likeness (QED) is 0.764. The zero-order chi connectivity index (χ0) is 9.68. The molecule has 0 bridgehead atoms. The summed E-state index contributed by atoms with van der Waals surface area (Å²) in [5, 5.41) is 8.84. The Morgan fingerprint density at radius 2 is 1.77 bits per heavy atom. The minimum absolute atomic E-state index is 0.113. The molecule has 1 N–H and O–H groups in total. The number of benzene rings is 1. The highest BCUT2D eigenvalue weighted by atomic mass is 19.3. The molecule has 0 heterocycles. The number of aliphatic hydroxyl groups is 1. The first kappa shape index (κ1) is 10.1. The van der Waals surface area contributed by atoms with E-state index in [0.29, 0.717) is 6.42 Å². The van der Waals surface area contributed by atoms with Gasteiger partial charge in [0.25, 0.3) is 6.43 Å². The fraction of sp³-hybridized carbons (Fsp3) is 0.400. The number of rotatable bonds is 4. The summed E-state index contributed by atoms with van der Waals surface area (Å²) in [4.78, 5) is 0. The summed E-state index contributed by atoms with van der Waals surface area (Å²) in [6, 6.07) is 9.29. The minimum atomic E-state index is -2.64. The monoisotopic (exact) mass is 186 g/mol. The van der Waals surface area contributed by atoms with Gasteiger partial charge in [0.1, 0.15) is 6.10 Å². The standard InChI is InChI=1S/C10H12F2O/c11-10(12)9(13)7-6-8-4-2-1-3-5-8/h1-5,9-10,13H,6-7H2/t9-/m1/s1. The molecule has 0 saturated carbocycles. The van der Waals surface area contributed by atoms with E-state index in [1.807, 2.05) is 30.3 Å². The molecular formula is C10H12F2O. The highest BCUT2D eigenvalue weighted by Gasteiger charge is 2.15. The van der Waals surface area contributed by atoms with Crippen LogP contribution in [0, 0.1) is 0 Å². The van der Waals surface area contributed by atoms with Crippen LogP contribution in [0.2, 0.25) is 0 Å². The van der Waals surface area contributed by atoms with Crippen molar-refractivity contribution < 1.29 is 13.9 Å². The molecule has 0 aliphatic heterocycles. The van der Waals surface area contributed by atoms with E-state index in [1.54, 1.807) is 0 Å². The van der Waals surface area contributed by atoms with Gasteiger partial charge in [-0.2, -0.15) is 0 Å². The largest absolute Gasteiger partial charge is 0.387 e. The highest BCUT2D eigenvalue weighted by molar-refractivity contribution is 5.14. The zero-order valence-electron chi connectivity index (χ0n) is 7.16. The maximum Gasteiger partial charge on any atom is 0.264 e. The molecule has 3 heteroatoms. The first-order valence-corrected chi connectivity index (χ1v) is 4.20. The Morgan fingerprint density at radius 3 is 2.31 bits per heavy atom. The van der Waals surface area contributed by atoms with Gasteiger partial charge in [-0.1, -0.05) is 30.3 Å². The van der Waals surface area contributed by atoms with Crippen molar-refractivity contribution in [2.75, 3.05) is 0 Å². The summed E-state index contributed by atoms with van der Waals surface area (Å²) < 4.78 is 23.8. The van der Waals surface area contributed by atoms with Crippen molar-refractivity contribution in [2.24, 2.45) is 0 Å². The second kappa shape index (κ2) is 4.92. The molecule has 0 unspecified atom stereocenters. The third kappa shape index (κ3) is 3.51. The van der Waals surface area contributed by atoms with Crippen LogP contribution >= 0.6 is 0 Å². The number of halogens is 2. The van der Waals surface area contributed by atoms with E-state index >= 15 is 0 Å². The van der Waals surface area contributed by atoms with Gasteiger partial charge in [-0.25, -0.2) is 8.78 Å². The van der Waals surface area contributed by atoms with Gasteiger partial charge in [0, 0.05) is 0 Å². The summed E-state index contributed by atoms with van der Waals surface area (Å²) in [5.74, 6) is 0. The molecule has 0 radical (unpaired) electrons. The Hall–Kier alpha value is -0.960. The molecule has 13 heavy (non-hydrogen) atoms. The van der Waals surface area contributed by atoms with Gasteiger partial charge in [-0.3, -0.25) is 0 Å². The number of hydrogen-bond donors (Lipinski definition) is 1. The van der Waals surface area contributed by atoms with Gasteiger partial charge in [-0.15, -0.1) is 0 Å². The van der Waals surface area contributed by atoms with E-state index < -0.39 is 12.5 Å². The van der Waals surface area contributed by atoms with Crippen molar-refractivity contribution in [1.82, 2.24) is 0 Å². The zero-order valence-corrected chi connectivity index (χ0v) is 7.16. The lowest BCUT2D eigenvalue weighted by molar-refractivity contribution is -0.00849. The second-order valence-electron chi connectivity index (χ2n) is 2.93. The number of alkyl halides is 2. The van der Waals surface area contributed by atoms with Crippen molar-refractivity contribution in [1.29, 1.82) is 0 Å². The van der Waals surface area contributed by atoms with E-state index in [9.17, 15) is 8.78 Å². The molecule has 1 aromatic carbocycles. The Balaban J connectivity index is 2.35. The fourth-order valence-corrected chi connectivity index (χ4v) is 1.09. The predicted octanol–water partition coefficient (Wildman–Crippen LogP) is 2.25. The van der Waals surface area contributed by atoms with Crippen LogP contribution in [0.15, 0.2) is 30.3 Å². The first-order chi connectivity index (χ1) is 6.20. The molecule has 1 aromatic rings. The average molecular weight is 186 g/mol. The van der Waals surface area contributed by atoms with Crippen LogP contribution in [0.25, 0.3) is 0 Å². The van der Waals surface area contributed by atoms with Gasteiger partial charge < -0.3 is 5.11 Å². The van der Waals surface area contributed by atoms with Gasteiger partial charge >= 0.3 is 0 Å². The molecule has 0 spiro atoms. The minimum Gasteiger partial charge on any atom is -0.387 e. The van der Waals surface area contributed by atoms with E-state index in [2.05, 4.69) is 0 Å². The van der Waals surface area contributed by atoms with Crippen LogP contribution in [0.5, 0.6) is 0 Å². The number of aliphatic hydroxyl groups excluding tert-OH is 1. The lowest BCUT2D eigenvalue weighted by atomic mass is 10.1. The second-order valence-corrected chi connectivity index (χ2v) is 2.93. The van der Waals surface area contributed by atoms with E-state index in [4.69, 9.17) is 5.11 Å². The molecule has 1 atom stereocenters. The molecule has 0 amide bonds. The van der Waals surface area contributed by atoms with Crippen molar-refractivity contribution in [2.45, 2.75) is 25.4 Å². The number of aryl methyl sites for hydroxylation is 1. The van der Waals surface area contributed by atoms with Gasteiger partial charge in [0.2, 0.25) is 0 Å². The van der Waals surface area contributed by atoms with E-state index in [-0.39, 0.29) is 6.42 Å². The van der Waals surface area contributed by atoms with Crippen LogP contribution in [0.4, 0.5) is 8.78 Å². The Bertz CT molecular complexity index is 236. The summed E-state index contributed by atoms with van der Waals surface area (Å²) in [7, 11) is 0. The molecule has 1 rings (SSSR count). The Kier molecular flexibility index (Phi) is 3.83. The highest BCUT2D eigenvalue weighted by Crippen LogP contribution is 2.09. The normalized spacial score (nSPS) is 13.2. The van der Waals surface area contributed by atoms with Crippen LogP contribution < -0.4 is 0 Å². The van der Waals surface area contributed by atoms with E-state index in [0.717, 1.165) is 5.56 Å². The van der Waals surface area contributed by atoms with Gasteiger partial charge in [0.05, 0.1) is 0 Å². The molecule has 1 nitrogen and oxygen atoms in total. The Morgan fingerprint density at radius 1 is 1.15 bits per heavy atom. The SMILES string of the molecule is O[C@H](CCc1ccccc1)C(F)F. The number of hydrogen-bond acceptors (Lipinski definition) is 1. The molecule has 0 aromatic heterocycles. The molecule has 0 aliphatic carbocycles. The maximum atomic E-state index is 11.9. The van der Waals surface area contributed by atoms with E-state index in [1.165, 1.54) is 0 Å². The average Bonchev–Trinajstić information content (AvgIpc) is 2.15. The maximum absolute atomic E-state index is 11.9. The summed E-state index contributed by atoms with van der Waals surface area (Å²) in [5.41, 5.74) is 0.974. The van der Waals surface area contributed by atoms with Crippen LogP contribution in [0.1, 0.15) is 12.0 Å². The topological polar surface area (TPSA) is 20.2 Å². The summed E-state index contributed by atoms with van der Waals surface area (Å²) >= 11 is 0. The van der Waals surface area contributed by atoms with Crippen molar-refractivity contribution >= 4 is 0 Å². The van der Waals surface area contributed by atoms with Crippen LogP contribution in [-0.4, -0.2) is 17.6 Å². The summed E-state index contributed by atoms with van der Waals surface area (Å²) in [6.45, 7) is 0. The van der Waals surface area contributed by atoms with Crippen molar-refractivity contribution in [3.05, 3.63) is 35.9 Å². The lowest BCUT2D eigenvalue weighted by Crippen LogP contribution is -2.17. The van der Waals surface area contributed by atoms with Gasteiger partial charge in [0.15, 0.2) is 0 Å². The smallest absolute Gasteiger partial charge is 0.264 e. The van der Waals surface area contributed by atoms with Crippen molar-refractivity contribution in [3.63, 3.8) is 0 Å². The fourth-order valence-electron chi connectivity index (χ4n) is 1.09. The molecule has 0 saturated heterocycles. The molecular weight excluding hydrogens is 174 g/mol. The predicted molar refractivity (Wildman–Crippen MR) is 46.8 cm³/mol. The molecule has 0 fully saturated rings. The first-order valence-electron chi connectivity index (χ1n) is 4.20. The third-order valence-corrected chi connectivity index (χ3v) is 1.86.